The third-order valence-electron chi connectivity index (χ3n) is 2.30. The molecule has 0 saturated heterocycles. The lowest BCUT2D eigenvalue weighted by atomic mass is 10.0. The fourth-order valence-corrected chi connectivity index (χ4v) is 1.64. The third kappa shape index (κ3) is 2.60. The summed E-state index contributed by atoms with van der Waals surface area (Å²) in [7, 11) is 0. The summed E-state index contributed by atoms with van der Waals surface area (Å²) in [4.78, 5) is 0. The van der Waals surface area contributed by atoms with Crippen molar-refractivity contribution >= 4 is 21.6 Å². The molecule has 0 spiro atoms. The molecule has 2 N–H and O–H groups in total. The largest absolute Gasteiger partial charge is 0.397 e. The molecule has 15 heavy (non-hydrogen) atoms. The van der Waals surface area contributed by atoms with E-state index in [0.717, 1.165) is 15.6 Å². The molecule has 0 radical (unpaired) electrons. The molecule has 1 aromatic rings. The van der Waals surface area contributed by atoms with E-state index in [4.69, 9.17) is 11.0 Å². The number of nitriles is 1. The monoisotopic (exact) mass is 264 g/mol. The van der Waals surface area contributed by atoms with Crippen LogP contribution in [0.5, 0.6) is 0 Å². The van der Waals surface area contributed by atoms with Gasteiger partial charge in [-0.3, -0.25) is 0 Å². The standard InChI is InChI=1S/C12H13BrN2/c1-3-9(7-14)12(15)10-5-4-8(2)11(13)6-10/h4-6H,3,15H2,1-2H3/b12-9-. The van der Waals surface area contributed by atoms with Crippen LogP contribution in [0.15, 0.2) is 28.2 Å². The van der Waals surface area contributed by atoms with E-state index in [1.807, 2.05) is 32.0 Å². The Bertz CT molecular complexity index is 441. The highest BCUT2D eigenvalue weighted by atomic mass is 79.9. The number of hydrogen-bond donors (Lipinski definition) is 1. The molecule has 78 valence electrons. The van der Waals surface area contributed by atoms with Crippen LogP contribution in [0.1, 0.15) is 24.5 Å². The summed E-state index contributed by atoms with van der Waals surface area (Å²) >= 11 is 3.45. The first-order valence-corrected chi connectivity index (χ1v) is 5.54. The van der Waals surface area contributed by atoms with E-state index >= 15 is 0 Å². The molecule has 0 bridgehead atoms. The second-order valence-electron chi connectivity index (χ2n) is 3.32. The van der Waals surface area contributed by atoms with Gasteiger partial charge in [-0.15, -0.1) is 0 Å². The van der Waals surface area contributed by atoms with Crippen molar-refractivity contribution in [3.63, 3.8) is 0 Å². The summed E-state index contributed by atoms with van der Waals surface area (Å²) in [5.74, 6) is 0. The summed E-state index contributed by atoms with van der Waals surface area (Å²) in [6.07, 6.45) is 0.661. The molecule has 1 rings (SSSR count). The number of benzene rings is 1. The second kappa shape index (κ2) is 4.99. The molecule has 0 aromatic heterocycles. The van der Waals surface area contributed by atoms with Gasteiger partial charge in [-0.1, -0.05) is 35.0 Å². The van der Waals surface area contributed by atoms with Crippen LogP contribution in [0.3, 0.4) is 0 Å². The molecule has 0 aliphatic carbocycles. The van der Waals surface area contributed by atoms with Crippen LogP contribution in [0, 0.1) is 18.3 Å². The van der Waals surface area contributed by atoms with Gasteiger partial charge in [-0.2, -0.15) is 5.26 Å². The van der Waals surface area contributed by atoms with Crippen molar-refractivity contribution in [1.82, 2.24) is 0 Å². The molecule has 0 aliphatic rings. The van der Waals surface area contributed by atoms with E-state index in [0.29, 0.717) is 17.7 Å². The maximum absolute atomic E-state index is 8.88. The van der Waals surface area contributed by atoms with Gasteiger partial charge in [0.2, 0.25) is 0 Å². The van der Waals surface area contributed by atoms with Gasteiger partial charge in [0.05, 0.1) is 17.3 Å². The summed E-state index contributed by atoms with van der Waals surface area (Å²) in [6.45, 7) is 3.94. The van der Waals surface area contributed by atoms with E-state index in [9.17, 15) is 0 Å². The fraction of sp³-hybridized carbons (Fsp3) is 0.250. The molecule has 0 amide bonds. The van der Waals surface area contributed by atoms with Gasteiger partial charge in [0.15, 0.2) is 0 Å². The van der Waals surface area contributed by atoms with Crippen LogP contribution in [-0.4, -0.2) is 0 Å². The molecular formula is C12H13BrN2. The smallest absolute Gasteiger partial charge is 0.0968 e. The molecule has 3 heteroatoms. The third-order valence-corrected chi connectivity index (χ3v) is 3.15. The Morgan fingerprint density at radius 2 is 2.20 bits per heavy atom. The van der Waals surface area contributed by atoms with Crippen LogP contribution in [0.25, 0.3) is 5.70 Å². The van der Waals surface area contributed by atoms with Crippen LogP contribution >= 0.6 is 15.9 Å². The van der Waals surface area contributed by atoms with Crippen molar-refractivity contribution in [2.45, 2.75) is 20.3 Å². The van der Waals surface area contributed by atoms with Gasteiger partial charge in [0, 0.05) is 4.47 Å². The van der Waals surface area contributed by atoms with Gasteiger partial charge < -0.3 is 5.73 Å². The molecule has 2 nitrogen and oxygen atoms in total. The summed E-state index contributed by atoms with van der Waals surface area (Å²) in [5.41, 5.74) is 9.16. The Morgan fingerprint density at radius 1 is 1.53 bits per heavy atom. The number of aryl methyl sites for hydroxylation is 1. The van der Waals surface area contributed by atoms with Crippen molar-refractivity contribution in [3.05, 3.63) is 39.4 Å². The first-order valence-electron chi connectivity index (χ1n) is 4.75. The van der Waals surface area contributed by atoms with Crippen molar-refractivity contribution in [2.75, 3.05) is 0 Å². The van der Waals surface area contributed by atoms with E-state index in [2.05, 4.69) is 22.0 Å². The lowest BCUT2D eigenvalue weighted by Gasteiger charge is -2.06. The summed E-state index contributed by atoms with van der Waals surface area (Å²) in [5, 5.41) is 8.88. The Balaban J connectivity index is 3.24. The quantitative estimate of drug-likeness (QED) is 0.833. The molecule has 1 aromatic carbocycles. The number of nitrogens with zero attached hydrogens (tertiary/aromatic N) is 1. The number of rotatable bonds is 2. The number of halogens is 1. The number of allylic oxidation sites excluding steroid dienone is 1. The molecule has 0 atom stereocenters. The molecular weight excluding hydrogens is 252 g/mol. The highest BCUT2D eigenvalue weighted by molar-refractivity contribution is 9.10. The first-order chi connectivity index (χ1) is 7.10. The molecule has 0 heterocycles. The number of nitrogens with two attached hydrogens (primary N) is 1. The van der Waals surface area contributed by atoms with Crippen molar-refractivity contribution in [3.8, 4) is 6.07 Å². The zero-order valence-electron chi connectivity index (χ0n) is 8.84. The van der Waals surface area contributed by atoms with Gasteiger partial charge >= 0.3 is 0 Å². The lowest BCUT2D eigenvalue weighted by molar-refractivity contribution is 1.14. The lowest BCUT2D eigenvalue weighted by Crippen LogP contribution is -2.00. The molecule has 0 saturated carbocycles. The molecule has 0 aliphatic heterocycles. The Kier molecular flexibility index (Phi) is 3.93. The van der Waals surface area contributed by atoms with E-state index in [1.54, 1.807) is 0 Å². The van der Waals surface area contributed by atoms with Crippen LogP contribution in [-0.2, 0) is 0 Å². The summed E-state index contributed by atoms with van der Waals surface area (Å²) in [6, 6.07) is 7.98. The molecule has 0 unspecified atom stereocenters. The van der Waals surface area contributed by atoms with E-state index < -0.39 is 0 Å². The maximum Gasteiger partial charge on any atom is 0.0968 e. The van der Waals surface area contributed by atoms with Crippen molar-refractivity contribution in [2.24, 2.45) is 5.73 Å². The highest BCUT2D eigenvalue weighted by Crippen LogP contribution is 2.22. The topological polar surface area (TPSA) is 49.8 Å². The van der Waals surface area contributed by atoms with Crippen LogP contribution < -0.4 is 5.73 Å². The maximum atomic E-state index is 8.88. The predicted molar refractivity (Wildman–Crippen MR) is 65.9 cm³/mol. The summed E-state index contributed by atoms with van der Waals surface area (Å²) < 4.78 is 1.01. The predicted octanol–water partition coefficient (Wildman–Crippen LogP) is 3.36. The average Bonchev–Trinajstić information content (AvgIpc) is 2.23. The average molecular weight is 265 g/mol. The van der Waals surface area contributed by atoms with Gasteiger partial charge in [0.1, 0.15) is 0 Å². The Morgan fingerprint density at radius 3 is 2.67 bits per heavy atom. The van der Waals surface area contributed by atoms with Crippen molar-refractivity contribution < 1.29 is 0 Å². The van der Waals surface area contributed by atoms with Crippen LogP contribution in [0.2, 0.25) is 0 Å². The Hall–Kier alpha value is -1.27. The Labute approximate surface area is 98.5 Å². The van der Waals surface area contributed by atoms with Crippen molar-refractivity contribution in [1.29, 1.82) is 5.26 Å². The zero-order chi connectivity index (χ0) is 11.4. The minimum atomic E-state index is 0.570. The normalized spacial score (nSPS) is 11.9. The minimum absolute atomic E-state index is 0.570. The van der Waals surface area contributed by atoms with Gasteiger partial charge in [-0.25, -0.2) is 0 Å². The minimum Gasteiger partial charge on any atom is -0.397 e. The van der Waals surface area contributed by atoms with E-state index in [-0.39, 0.29) is 0 Å². The van der Waals surface area contributed by atoms with Crippen LogP contribution in [0.4, 0.5) is 0 Å². The fourth-order valence-electron chi connectivity index (χ4n) is 1.26. The highest BCUT2D eigenvalue weighted by Gasteiger charge is 2.05. The van der Waals surface area contributed by atoms with E-state index in [1.165, 1.54) is 0 Å². The first kappa shape index (κ1) is 11.8. The van der Waals surface area contributed by atoms with Gasteiger partial charge in [0.25, 0.3) is 0 Å². The molecule has 0 fully saturated rings. The zero-order valence-corrected chi connectivity index (χ0v) is 10.4. The number of hydrogen-bond acceptors (Lipinski definition) is 2. The van der Waals surface area contributed by atoms with Gasteiger partial charge in [-0.05, 0) is 30.5 Å². The SMILES string of the molecule is CC/C(C#N)=C(/N)c1ccc(C)c(Br)c1. The second-order valence-corrected chi connectivity index (χ2v) is 4.18.